The third-order valence-corrected chi connectivity index (χ3v) is 6.15. The van der Waals surface area contributed by atoms with E-state index in [2.05, 4.69) is 31.0 Å². The van der Waals surface area contributed by atoms with Gasteiger partial charge in [0.05, 0.1) is 5.75 Å². The molecule has 0 aromatic carbocycles. The first-order valence-electron chi connectivity index (χ1n) is 9.10. The Kier molecular flexibility index (Phi) is 6.81. The molecule has 5 atom stereocenters. The SMILES string of the molecule is CC[C@H](C)NC(=O)[C@@H]1C[C@H](C)N(C(=O)CSC)[C@@H]2CCCC[C@@H]21. The first-order valence-corrected chi connectivity index (χ1v) is 10.5. The van der Waals surface area contributed by atoms with Gasteiger partial charge in [-0.3, -0.25) is 9.59 Å². The summed E-state index contributed by atoms with van der Waals surface area (Å²) in [5.74, 6) is 1.43. The number of fused-ring (bicyclic) bond motifs is 1. The molecule has 4 nitrogen and oxygen atoms in total. The van der Waals surface area contributed by atoms with E-state index < -0.39 is 0 Å². The van der Waals surface area contributed by atoms with Crippen LogP contribution in [0.15, 0.2) is 0 Å². The number of piperidine rings is 1. The maximum absolute atomic E-state index is 12.8. The van der Waals surface area contributed by atoms with Crippen LogP contribution in [-0.4, -0.2) is 46.8 Å². The summed E-state index contributed by atoms with van der Waals surface area (Å²) in [6.45, 7) is 6.28. The van der Waals surface area contributed by atoms with Crippen LogP contribution in [0.2, 0.25) is 0 Å². The lowest BCUT2D eigenvalue weighted by Gasteiger charge is -2.51. The largest absolute Gasteiger partial charge is 0.353 e. The van der Waals surface area contributed by atoms with Crippen molar-refractivity contribution in [1.29, 1.82) is 0 Å². The van der Waals surface area contributed by atoms with Crippen LogP contribution in [-0.2, 0) is 9.59 Å². The molecule has 1 saturated heterocycles. The number of thioether (sulfide) groups is 1. The van der Waals surface area contributed by atoms with E-state index in [0.717, 1.165) is 25.7 Å². The van der Waals surface area contributed by atoms with Gasteiger partial charge in [0.2, 0.25) is 11.8 Å². The molecule has 132 valence electrons. The van der Waals surface area contributed by atoms with E-state index in [9.17, 15) is 9.59 Å². The summed E-state index contributed by atoms with van der Waals surface area (Å²) in [5, 5.41) is 3.18. The first kappa shape index (κ1) is 18.6. The molecule has 1 heterocycles. The van der Waals surface area contributed by atoms with E-state index in [-0.39, 0.29) is 35.9 Å². The molecule has 2 aliphatic rings. The van der Waals surface area contributed by atoms with Crippen LogP contribution in [0.25, 0.3) is 0 Å². The Morgan fingerprint density at radius 3 is 2.65 bits per heavy atom. The standard InChI is InChI=1S/C18H32N2O2S/c1-5-12(2)19-18(22)15-10-13(3)20(17(21)11-23-4)16-9-7-6-8-14(15)16/h12-16H,5-11H2,1-4H3,(H,19,22)/t12-,13-,14+,15+,16+/m0/s1. The predicted molar refractivity (Wildman–Crippen MR) is 96.4 cm³/mol. The lowest BCUT2D eigenvalue weighted by atomic mass is 9.69. The molecular formula is C18H32N2O2S. The van der Waals surface area contributed by atoms with Crippen molar-refractivity contribution in [2.75, 3.05) is 12.0 Å². The molecule has 2 rings (SSSR count). The lowest BCUT2D eigenvalue weighted by molar-refractivity contribution is -0.147. The second kappa shape index (κ2) is 8.41. The maximum atomic E-state index is 12.8. The Morgan fingerprint density at radius 1 is 1.30 bits per heavy atom. The van der Waals surface area contributed by atoms with Crippen LogP contribution in [0.1, 0.15) is 59.3 Å². The van der Waals surface area contributed by atoms with Gasteiger partial charge in [-0.1, -0.05) is 19.8 Å². The lowest BCUT2D eigenvalue weighted by Crippen LogP contribution is -2.59. The molecule has 1 aliphatic heterocycles. The summed E-state index contributed by atoms with van der Waals surface area (Å²) in [6, 6.07) is 0.664. The fourth-order valence-electron chi connectivity index (χ4n) is 4.32. The molecule has 1 saturated carbocycles. The average molecular weight is 341 g/mol. The second-order valence-corrected chi connectivity index (χ2v) is 8.12. The molecule has 2 amide bonds. The van der Waals surface area contributed by atoms with Gasteiger partial charge in [0.25, 0.3) is 0 Å². The number of carbonyl (C=O) groups is 2. The Labute approximate surface area is 145 Å². The van der Waals surface area contributed by atoms with Gasteiger partial charge in [0.1, 0.15) is 0 Å². The molecule has 2 fully saturated rings. The Hall–Kier alpha value is -0.710. The van der Waals surface area contributed by atoms with Crippen LogP contribution in [0, 0.1) is 11.8 Å². The highest BCUT2D eigenvalue weighted by molar-refractivity contribution is 7.99. The number of hydrogen-bond donors (Lipinski definition) is 1. The highest BCUT2D eigenvalue weighted by Gasteiger charge is 2.46. The number of nitrogens with one attached hydrogen (secondary N) is 1. The van der Waals surface area contributed by atoms with E-state index in [4.69, 9.17) is 0 Å². The summed E-state index contributed by atoms with van der Waals surface area (Å²) >= 11 is 1.59. The minimum Gasteiger partial charge on any atom is -0.353 e. The van der Waals surface area contributed by atoms with Crippen molar-refractivity contribution in [1.82, 2.24) is 10.2 Å². The van der Waals surface area contributed by atoms with E-state index >= 15 is 0 Å². The second-order valence-electron chi connectivity index (χ2n) is 7.26. The Balaban J connectivity index is 2.15. The zero-order chi connectivity index (χ0) is 17.0. The summed E-state index contributed by atoms with van der Waals surface area (Å²) in [6.07, 6.45) is 8.25. The van der Waals surface area contributed by atoms with Crippen LogP contribution < -0.4 is 5.32 Å². The van der Waals surface area contributed by atoms with Gasteiger partial charge in [-0.15, -0.1) is 0 Å². The van der Waals surface area contributed by atoms with Gasteiger partial charge in [0.15, 0.2) is 0 Å². The molecule has 1 N–H and O–H groups in total. The van der Waals surface area contributed by atoms with E-state index in [1.165, 1.54) is 12.8 Å². The smallest absolute Gasteiger partial charge is 0.233 e. The molecule has 0 radical (unpaired) electrons. The zero-order valence-electron chi connectivity index (χ0n) is 15.0. The highest BCUT2D eigenvalue weighted by atomic mass is 32.2. The molecule has 0 spiro atoms. The summed E-state index contributed by atoms with van der Waals surface area (Å²) in [5.41, 5.74) is 0. The number of hydrogen-bond acceptors (Lipinski definition) is 3. The zero-order valence-corrected chi connectivity index (χ0v) is 15.8. The molecule has 1 aliphatic carbocycles. The third-order valence-electron chi connectivity index (χ3n) is 5.62. The summed E-state index contributed by atoms with van der Waals surface area (Å²) in [7, 11) is 0. The quantitative estimate of drug-likeness (QED) is 0.837. The molecule has 0 bridgehead atoms. The number of rotatable bonds is 5. The molecule has 0 unspecified atom stereocenters. The van der Waals surface area contributed by atoms with Crippen molar-refractivity contribution in [3.63, 3.8) is 0 Å². The number of nitrogens with zero attached hydrogens (tertiary/aromatic N) is 1. The van der Waals surface area contributed by atoms with Gasteiger partial charge in [-0.2, -0.15) is 11.8 Å². The summed E-state index contributed by atoms with van der Waals surface area (Å²) in [4.78, 5) is 27.4. The minimum absolute atomic E-state index is 0.0719. The van der Waals surface area contributed by atoms with E-state index in [0.29, 0.717) is 11.7 Å². The molecule has 5 heteroatoms. The van der Waals surface area contributed by atoms with Crippen molar-refractivity contribution < 1.29 is 9.59 Å². The van der Waals surface area contributed by atoms with Crippen molar-refractivity contribution >= 4 is 23.6 Å². The fourth-order valence-corrected chi connectivity index (χ4v) is 4.72. The predicted octanol–water partition coefficient (Wildman–Crippen LogP) is 3.06. The van der Waals surface area contributed by atoms with Gasteiger partial charge < -0.3 is 10.2 Å². The van der Waals surface area contributed by atoms with Crippen LogP contribution in [0.3, 0.4) is 0 Å². The van der Waals surface area contributed by atoms with Crippen LogP contribution in [0.5, 0.6) is 0 Å². The van der Waals surface area contributed by atoms with Crippen molar-refractivity contribution in [3.8, 4) is 0 Å². The highest BCUT2D eigenvalue weighted by Crippen LogP contribution is 2.41. The Bertz CT molecular complexity index is 429. The van der Waals surface area contributed by atoms with Crippen molar-refractivity contribution in [3.05, 3.63) is 0 Å². The Morgan fingerprint density at radius 2 is 2.00 bits per heavy atom. The first-order chi connectivity index (χ1) is 11.0. The van der Waals surface area contributed by atoms with Crippen molar-refractivity contribution in [2.24, 2.45) is 11.8 Å². The van der Waals surface area contributed by atoms with Gasteiger partial charge in [0, 0.05) is 24.0 Å². The van der Waals surface area contributed by atoms with E-state index in [1.807, 2.05) is 6.26 Å². The number of amides is 2. The normalized spacial score (nSPS) is 32.1. The van der Waals surface area contributed by atoms with Gasteiger partial charge in [-0.05, 0) is 51.7 Å². The third kappa shape index (κ3) is 4.23. The average Bonchev–Trinajstić information content (AvgIpc) is 2.53. The monoisotopic (exact) mass is 340 g/mol. The minimum atomic E-state index is 0.0719. The summed E-state index contributed by atoms with van der Waals surface area (Å²) < 4.78 is 0. The molecule has 0 aromatic heterocycles. The van der Waals surface area contributed by atoms with Crippen LogP contribution in [0.4, 0.5) is 0 Å². The van der Waals surface area contributed by atoms with Crippen molar-refractivity contribution in [2.45, 2.75) is 77.4 Å². The maximum Gasteiger partial charge on any atom is 0.233 e. The van der Waals surface area contributed by atoms with Crippen LogP contribution >= 0.6 is 11.8 Å². The molecule has 23 heavy (non-hydrogen) atoms. The number of carbonyl (C=O) groups excluding carboxylic acids is 2. The molecule has 0 aromatic rings. The van der Waals surface area contributed by atoms with E-state index in [1.54, 1.807) is 11.8 Å². The van der Waals surface area contributed by atoms with Gasteiger partial charge >= 0.3 is 0 Å². The molecular weight excluding hydrogens is 308 g/mol. The number of likely N-dealkylation sites (tertiary alicyclic amines) is 1. The topological polar surface area (TPSA) is 49.4 Å². The fraction of sp³-hybridized carbons (Fsp3) is 0.889. The van der Waals surface area contributed by atoms with Gasteiger partial charge in [-0.25, -0.2) is 0 Å².